The molecule has 0 aliphatic carbocycles. The molecule has 5 nitrogen and oxygen atoms in total. The minimum atomic E-state index is -0.846. The van der Waals surface area contributed by atoms with E-state index in [4.69, 9.17) is 25.8 Å². The largest absolute Gasteiger partial charge is 0.488 e. The Morgan fingerprint density at radius 3 is 2.62 bits per heavy atom. The van der Waals surface area contributed by atoms with Crippen LogP contribution in [0.1, 0.15) is 22.3 Å². The van der Waals surface area contributed by atoms with Gasteiger partial charge in [0.05, 0.1) is 6.61 Å². The first kappa shape index (κ1) is 16.3. The van der Waals surface area contributed by atoms with Gasteiger partial charge in [-0.3, -0.25) is 0 Å². The Balaban J connectivity index is 1.69. The van der Waals surface area contributed by atoms with Crippen molar-refractivity contribution >= 4 is 23.5 Å². The Kier molecular flexibility index (Phi) is 5.01. The second kappa shape index (κ2) is 7.36. The molecule has 2 aromatic carbocycles. The molecule has 1 aliphatic heterocycles. The maximum absolute atomic E-state index is 12.3. The van der Waals surface area contributed by atoms with E-state index in [-0.39, 0.29) is 18.8 Å². The molecule has 0 N–H and O–H groups in total. The standard InChI is InChI=1S/C18H15ClO5/c19-13-7-5-12(6-8-13)11-23-15-4-2-1-3-14(15)17(20)24-16-9-10-22-18(16)21/h1-8,16H,9-11H2/t16-/m1/s1. The Morgan fingerprint density at radius 2 is 1.92 bits per heavy atom. The molecule has 2 aromatic rings. The van der Waals surface area contributed by atoms with Gasteiger partial charge in [-0.15, -0.1) is 0 Å². The summed E-state index contributed by atoms with van der Waals surface area (Å²) in [5.41, 5.74) is 1.19. The molecule has 0 bridgehead atoms. The fourth-order valence-corrected chi connectivity index (χ4v) is 2.41. The number of cyclic esters (lactones) is 1. The number of hydrogen-bond acceptors (Lipinski definition) is 5. The monoisotopic (exact) mass is 346 g/mol. The molecule has 0 amide bonds. The van der Waals surface area contributed by atoms with Gasteiger partial charge < -0.3 is 14.2 Å². The molecule has 1 atom stereocenters. The van der Waals surface area contributed by atoms with Crippen molar-refractivity contribution in [3.63, 3.8) is 0 Å². The fraction of sp³-hybridized carbons (Fsp3) is 0.222. The van der Waals surface area contributed by atoms with Crippen LogP contribution >= 0.6 is 11.6 Å². The summed E-state index contributed by atoms with van der Waals surface area (Å²) >= 11 is 5.85. The van der Waals surface area contributed by atoms with Crippen LogP contribution in [0.4, 0.5) is 0 Å². The summed E-state index contributed by atoms with van der Waals surface area (Å²) in [5, 5.41) is 0.645. The average Bonchev–Trinajstić information content (AvgIpc) is 2.99. The van der Waals surface area contributed by atoms with E-state index >= 15 is 0 Å². The van der Waals surface area contributed by atoms with Crippen molar-refractivity contribution < 1.29 is 23.8 Å². The second-order valence-electron chi connectivity index (χ2n) is 5.26. The van der Waals surface area contributed by atoms with Gasteiger partial charge in [-0.2, -0.15) is 0 Å². The predicted octanol–water partition coefficient (Wildman–Crippen LogP) is 3.39. The third kappa shape index (κ3) is 3.86. The zero-order valence-electron chi connectivity index (χ0n) is 12.7. The first-order valence-electron chi connectivity index (χ1n) is 7.47. The Morgan fingerprint density at radius 1 is 1.17 bits per heavy atom. The van der Waals surface area contributed by atoms with Gasteiger partial charge in [-0.25, -0.2) is 9.59 Å². The summed E-state index contributed by atoms with van der Waals surface area (Å²) in [6.45, 7) is 0.554. The maximum Gasteiger partial charge on any atom is 0.347 e. The molecule has 24 heavy (non-hydrogen) atoms. The molecule has 0 radical (unpaired) electrons. The maximum atomic E-state index is 12.3. The highest BCUT2D eigenvalue weighted by molar-refractivity contribution is 6.30. The lowest BCUT2D eigenvalue weighted by Crippen LogP contribution is -2.23. The van der Waals surface area contributed by atoms with Crippen LogP contribution in [0.3, 0.4) is 0 Å². The van der Waals surface area contributed by atoms with Crippen LogP contribution in [0.25, 0.3) is 0 Å². The number of esters is 2. The van der Waals surface area contributed by atoms with Crippen LogP contribution in [0.2, 0.25) is 5.02 Å². The van der Waals surface area contributed by atoms with Crippen molar-refractivity contribution in [3.05, 3.63) is 64.7 Å². The molecule has 3 rings (SSSR count). The summed E-state index contributed by atoms with van der Waals surface area (Å²) in [6.07, 6.45) is -0.472. The molecular weight excluding hydrogens is 332 g/mol. The van der Waals surface area contributed by atoms with E-state index < -0.39 is 18.0 Å². The topological polar surface area (TPSA) is 61.8 Å². The van der Waals surface area contributed by atoms with Gasteiger partial charge >= 0.3 is 11.9 Å². The van der Waals surface area contributed by atoms with Crippen molar-refractivity contribution in [3.8, 4) is 5.75 Å². The normalized spacial score (nSPS) is 16.5. The van der Waals surface area contributed by atoms with E-state index in [0.717, 1.165) is 5.56 Å². The molecule has 0 aromatic heterocycles. The van der Waals surface area contributed by atoms with Crippen molar-refractivity contribution in [1.82, 2.24) is 0 Å². The quantitative estimate of drug-likeness (QED) is 0.776. The van der Waals surface area contributed by atoms with Crippen molar-refractivity contribution in [2.45, 2.75) is 19.1 Å². The first-order valence-corrected chi connectivity index (χ1v) is 7.85. The van der Waals surface area contributed by atoms with Gasteiger partial charge in [0.15, 0.2) is 0 Å². The number of carbonyl (C=O) groups is 2. The number of hydrogen-bond donors (Lipinski definition) is 0. The van der Waals surface area contributed by atoms with Gasteiger partial charge in [0, 0.05) is 11.4 Å². The van der Waals surface area contributed by atoms with Crippen molar-refractivity contribution in [2.24, 2.45) is 0 Å². The Hall–Kier alpha value is -2.53. The van der Waals surface area contributed by atoms with Crippen LogP contribution in [0.5, 0.6) is 5.75 Å². The Bertz CT molecular complexity index is 741. The molecule has 6 heteroatoms. The van der Waals surface area contributed by atoms with Gasteiger partial charge in [0.1, 0.15) is 17.9 Å². The molecular formula is C18H15ClO5. The number of ether oxygens (including phenoxy) is 3. The number of rotatable bonds is 5. The summed E-state index contributed by atoms with van der Waals surface area (Å²) in [5.74, 6) is -0.725. The number of carbonyl (C=O) groups excluding carboxylic acids is 2. The highest BCUT2D eigenvalue weighted by Crippen LogP contribution is 2.22. The van der Waals surface area contributed by atoms with Crippen molar-refractivity contribution in [1.29, 1.82) is 0 Å². The van der Waals surface area contributed by atoms with Crippen LogP contribution in [-0.2, 0) is 20.9 Å². The van der Waals surface area contributed by atoms with Gasteiger partial charge in [0.2, 0.25) is 6.10 Å². The van der Waals surface area contributed by atoms with E-state index in [9.17, 15) is 9.59 Å². The lowest BCUT2D eigenvalue weighted by Gasteiger charge is -2.13. The molecule has 0 unspecified atom stereocenters. The van der Waals surface area contributed by atoms with Gasteiger partial charge in [-0.1, -0.05) is 35.9 Å². The van der Waals surface area contributed by atoms with Crippen LogP contribution in [-0.4, -0.2) is 24.6 Å². The predicted molar refractivity (Wildman–Crippen MR) is 87.0 cm³/mol. The molecule has 0 spiro atoms. The average molecular weight is 347 g/mol. The van der Waals surface area contributed by atoms with Crippen molar-refractivity contribution in [2.75, 3.05) is 6.61 Å². The lowest BCUT2D eigenvalue weighted by atomic mass is 10.2. The lowest BCUT2D eigenvalue weighted by molar-refractivity contribution is -0.145. The molecule has 1 aliphatic rings. The van der Waals surface area contributed by atoms with Gasteiger partial charge in [-0.05, 0) is 29.8 Å². The minimum Gasteiger partial charge on any atom is -0.488 e. The molecule has 1 fully saturated rings. The number of benzene rings is 2. The number of para-hydroxylation sites is 1. The molecule has 124 valence electrons. The summed E-state index contributed by atoms with van der Waals surface area (Å²) < 4.78 is 15.7. The number of halogens is 1. The Labute approximate surface area is 144 Å². The molecule has 1 heterocycles. The molecule has 1 saturated heterocycles. The van der Waals surface area contributed by atoms with E-state index in [0.29, 0.717) is 17.2 Å². The van der Waals surface area contributed by atoms with E-state index in [1.54, 1.807) is 36.4 Å². The zero-order chi connectivity index (χ0) is 16.9. The van der Waals surface area contributed by atoms with E-state index in [1.807, 2.05) is 12.1 Å². The van der Waals surface area contributed by atoms with E-state index in [1.165, 1.54) is 0 Å². The smallest absolute Gasteiger partial charge is 0.347 e. The highest BCUT2D eigenvalue weighted by Gasteiger charge is 2.31. The minimum absolute atomic E-state index is 0.269. The molecule has 0 saturated carbocycles. The third-order valence-electron chi connectivity index (χ3n) is 3.55. The highest BCUT2D eigenvalue weighted by atomic mass is 35.5. The van der Waals surface area contributed by atoms with E-state index in [2.05, 4.69) is 0 Å². The van der Waals surface area contributed by atoms with Gasteiger partial charge in [0.25, 0.3) is 0 Å². The van der Waals surface area contributed by atoms with Crippen LogP contribution < -0.4 is 4.74 Å². The van der Waals surface area contributed by atoms with Crippen LogP contribution in [0, 0.1) is 0 Å². The first-order chi connectivity index (χ1) is 11.6. The summed E-state index contributed by atoms with van der Waals surface area (Å²) in [6, 6.07) is 14.0. The second-order valence-corrected chi connectivity index (χ2v) is 5.70. The summed E-state index contributed by atoms with van der Waals surface area (Å²) in [4.78, 5) is 23.7. The fourth-order valence-electron chi connectivity index (χ4n) is 2.28. The SMILES string of the molecule is O=C(O[C@@H]1CCOC1=O)c1ccccc1OCc1ccc(Cl)cc1. The zero-order valence-corrected chi connectivity index (χ0v) is 13.5. The van der Waals surface area contributed by atoms with Crippen LogP contribution in [0.15, 0.2) is 48.5 Å². The third-order valence-corrected chi connectivity index (χ3v) is 3.80. The summed E-state index contributed by atoms with van der Waals surface area (Å²) in [7, 11) is 0.